The monoisotopic (exact) mass is 299 g/mol. The van der Waals surface area contributed by atoms with Crippen LogP contribution < -0.4 is 0 Å². The molecule has 0 saturated carbocycles. The van der Waals surface area contributed by atoms with Crippen molar-refractivity contribution in [3.05, 3.63) is 40.5 Å². The van der Waals surface area contributed by atoms with Crippen LogP contribution in [-0.2, 0) is 4.79 Å². The summed E-state index contributed by atoms with van der Waals surface area (Å²) >= 11 is 8.51. The number of rotatable bonds is 1. The van der Waals surface area contributed by atoms with Gasteiger partial charge in [-0.05, 0) is 0 Å². The van der Waals surface area contributed by atoms with Crippen molar-refractivity contribution in [1.82, 2.24) is 4.90 Å². The summed E-state index contributed by atoms with van der Waals surface area (Å²) in [5.74, 6) is -0.108. The molecule has 1 aliphatic rings. The second-order valence-corrected chi connectivity index (χ2v) is 4.54. The van der Waals surface area contributed by atoms with Gasteiger partial charge in [-0.3, -0.25) is 0 Å². The fourth-order valence-electron chi connectivity index (χ4n) is 1.30. The first kappa shape index (κ1) is 11.4. The number of carbonyl (C=O) groups excluding carboxylic acids is 1. The molecule has 5 heteroatoms. The van der Waals surface area contributed by atoms with E-state index in [0.717, 1.165) is 5.56 Å². The molecule has 1 radical (unpaired) electrons. The molecule has 0 saturated heterocycles. The summed E-state index contributed by atoms with van der Waals surface area (Å²) in [4.78, 5) is 17.3. The Kier molecular flexibility index (Phi) is 3.15. The maximum atomic E-state index is 11.7. The van der Waals surface area contributed by atoms with Gasteiger partial charge in [-0.1, -0.05) is 0 Å². The number of halogens is 1. The van der Waals surface area contributed by atoms with Gasteiger partial charge in [-0.2, -0.15) is 0 Å². The van der Waals surface area contributed by atoms with E-state index >= 15 is 0 Å². The van der Waals surface area contributed by atoms with Gasteiger partial charge in [0.25, 0.3) is 0 Å². The van der Waals surface area contributed by atoms with Crippen LogP contribution in [0.4, 0.5) is 0 Å². The van der Waals surface area contributed by atoms with Crippen LogP contribution in [0.3, 0.4) is 0 Å². The summed E-state index contributed by atoms with van der Waals surface area (Å²) in [6.07, 6.45) is 1.74. The first-order chi connectivity index (χ1) is 7.58. The fourth-order valence-corrected chi connectivity index (χ4v) is 1.80. The van der Waals surface area contributed by atoms with Gasteiger partial charge in [0.05, 0.1) is 0 Å². The number of carbonyl (C=O) groups is 1. The molecule has 1 heterocycles. The van der Waals surface area contributed by atoms with E-state index in [1.807, 2.05) is 12.1 Å². The van der Waals surface area contributed by atoms with Crippen molar-refractivity contribution in [3.63, 3.8) is 0 Å². The molecule has 2 rings (SSSR count). The number of benzene rings is 1. The Morgan fingerprint density at radius 3 is 2.50 bits per heavy atom. The second kappa shape index (κ2) is 4.42. The van der Waals surface area contributed by atoms with Crippen LogP contribution in [0.2, 0.25) is 5.02 Å². The molecule has 0 fully saturated rings. The van der Waals surface area contributed by atoms with Crippen LogP contribution in [0.15, 0.2) is 35.0 Å². The van der Waals surface area contributed by atoms with Crippen molar-refractivity contribution >= 4 is 44.3 Å². The van der Waals surface area contributed by atoms with Crippen molar-refractivity contribution in [1.29, 1.82) is 0 Å². The Labute approximate surface area is 107 Å². The Morgan fingerprint density at radius 1 is 1.38 bits per heavy atom. The van der Waals surface area contributed by atoms with Crippen molar-refractivity contribution in [2.45, 2.75) is 0 Å². The second-order valence-electron chi connectivity index (χ2n) is 3.34. The Bertz CT molecular complexity index is 493. The number of amides is 1. The van der Waals surface area contributed by atoms with Gasteiger partial charge in [0.1, 0.15) is 0 Å². The zero-order valence-corrected chi connectivity index (χ0v) is 10.9. The summed E-state index contributed by atoms with van der Waals surface area (Å²) in [6, 6.07) is 7.24. The molecule has 0 bridgehead atoms. The van der Waals surface area contributed by atoms with E-state index in [0.29, 0.717) is 15.5 Å². The molecule has 0 atom stereocenters. The van der Waals surface area contributed by atoms with E-state index < -0.39 is 0 Å². The molecular formula is C11H8ClN2OSe. The standard InChI is InChI=1S/C11H8ClN2OSe/c1-14-10(15)9(13-11(14)16)6-7-2-4-8(12)5-3-7/h2-6H,1H3/b9-6+. The Balaban J connectivity index is 2.32. The van der Waals surface area contributed by atoms with Gasteiger partial charge >= 0.3 is 107 Å². The van der Waals surface area contributed by atoms with Crippen LogP contribution in [0, 0.1) is 0 Å². The first-order valence-corrected chi connectivity index (χ1v) is 5.82. The minimum absolute atomic E-state index is 0.108. The summed E-state index contributed by atoms with van der Waals surface area (Å²) < 4.78 is 0.588. The van der Waals surface area contributed by atoms with E-state index in [1.54, 1.807) is 25.3 Å². The summed E-state index contributed by atoms with van der Waals surface area (Å²) in [7, 11) is 1.68. The molecule has 1 aromatic rings. The van der Waals surface area contributed by atoms with Crippen molar-refractivity contribution in [2.75, 3.05) is 7.05 Å². The fraction of sp³-hybridized carbons (Fsp3) is 0.0909. The molecule has 81 valence electrons. The number of aliphatic imine (C=N–C) groups is 1. The van der Waals surface area contributed by atoms with E-state index in [2.05, 4.69) is 21.0 Å². The van der Waals surface area contributed by atoms with Crippen molar-refractivity contribution in [2.24, 2.45) is 4.99 Å². The topological polar surface area (TPSA) is 32.7 Å². The Morgan fingerprint density at radius 2 is 2.00 bits per heavy atom. The van der Waals surface area contributed by atoms with Crippen molar-refractivity contribution in [3.8, 4) is 0 Å². The average Bonchev–Trinajstić information content (AvgIpc) is 2.50. The van der Waals surface area contributed by atoms with Gasteiger partial charge in [-0.15, -0.1) is 0 Å². The van der Waals surface area contributed by atoms with E-state index in [1.165, 1.54) is 4.90 Å². The molecule has 0 unspecified atom stereocenters. The number of hydrogen-bond acceptors (Lipinski definition) is 2. The van der Waals surface area contributed by atoms with E-state index in [4.69, 9.17) is 11.6 Å². The van der Waals surface area contributed by atoms with Gasteiger partial charge in [0.15, 0.2) is 0 Å². The predicted octanol–water partition coefficient (Wildman–Crippen LogP) is 1.68. The third-order valence-electron chi connectivity index (χ3n) is 2.20. The van der Waals surface area contributed by atoms with Gasteiger partial charge in [-0.25, -0.2) is 0 Å². The minimum atomic E-state index is -0.108. The summed E-state index contributed by atoms with van der Waals surface area (Å²) in [5.41, 5.74) is 1.33. The quantitative estimate of drug-likeness (QED) is 0.573. The maximum absolute atomic E-state index is 11.7. The number of nitrogens with zero attached hydrogens (tertiary/aromatic N) is 2. The molecular weight excluding hydrogens is 291 g/mol. The zero-order valence-electron chi connectivity index (χ0n) is 8.48. The molecule has 0 aromatic heterocycles. The summed E-state index contributed by atoms with van der Waals surface area (Å²) in [5, 5.41) is 0.671. The molecule has 1 aromatic carbocycles. The molecule has 0 aliphatic carbocycles. The predicted molar refractivity (Wildman–Crippen MR) is 65.4 cm³/mol. The van der Waals surface area contributed by atoms with E-state index in [9.17, 15) is 4.79 Å². The van der Waals surface area contributed by atoms with Gasteiger partial charge < -0.3 is 0 Å². The molecule has 0 spiro atoms. The molecule has 0 N–H and O–H groups in total. The van der Waals surface area contributed by atoms with E-state index in [-0.39, 0.29) is 5.91 Å². The van der Waals surface area contributed by atoms with Gasteiger partial charge in [0, 0.05) is 0 Å². The third-order valence-corrected chi connectivity index (χ3v) is 3.22. The zero-order chi connectivity index (χ0) is 11.7. The summed E-state index contributed by atoms with van der Waals surface area (Å²) in [6.45, 7) is 0. The van der Waals surface area contributed by atoms with Crippen LogP contribution in [0.5, 0.6) is 0 Å². The number of likely N-dealkylation sites (N-methyl/N-ethyl adjacent to an activating group) is 1. The normalized spacial score (nSPS) is 18.1. The third kappa shape index (κ3) is 2.19. The SMILES string of the molecule is CN1C(=O)/C(=C\c2ccc(Cl)cc2)N=C1[Se]. The molecule has 1 amide bonds. The number of hydrogen-bond donors (Lipinski definition) is 0. The first-order valence-electron chi connectivity index (χ1n) is 4.59. The average molecular weight is 299 g/mol. The number of amidine groups is 1. The van der Waals surface area contributed by atoms with Crippen LogP contribution in [0.25, 0.3) is 6.08 Å². The van der Waals surface area contributed by atoms with Crippen molar-refractivity contribution < 1.29 is 4.79 Å². The van der Waals surface area contributed by atoms with Crippen LogP contribution >= 0.6 is 11.6 Å². The van der Waals surface area contributed by atoms with Crippen LogP contribution in [0.1, 0.15) is 5.56 Å². The Hall–Kier alpha value is -1.09. The molecule has 1 aliphatic heterocycles. The van der Waals surface area contributed by atoms with Gasteiger partial charge in [0.2, 0.25) is 0 Å². The van der Waals surface area contributed by atoms with Crippen LogP contribution in [-0.4, -0.2) is 38.6 Å². The molecule has 3 nitrogen and oxygen atoms in total. The molecule has 16 heavy (non-hydrogen) atoms.